The van der Waals surface area contributed by atoms with Gasteiger partial charge in [0.05, 0.1) is 18.4 Å². The number of para-hydroxylation sites is 1. The van der Waals surface area contributed by atoms with Crippen molar-refractivity contribution >= 4 is 5.69 Å². The summed E-state index contributed by atoms with van der Waals surface area (Å²) in [7, 11) is 1.56. The molecule has 5 heteroatoms. The number of ether oxygens (including phenoxy) is 1. The molecule has 0 saturated carbocycles. The topological polar surface area (TPSA) is 81.7 Å². The summed E-state index contributed by atoms with van der Waals surface area (Å²) in [5.74, 6) is 0.610. The zero-order chi connectivity index (χ0) is 14.4. The fourth-order valence-electron chi connectivity index (χ4n) is 1.81. The summed E-state index contributed by atoms with van der Waals surface area (Å²) in [5.41, 5.74) is 2.43. The molecule has 5 nitrogen and oxygen atoms in total. The van der Waals surface area contributed by atoms with Gasteiger partial charge in [-0.25, -0.2) is 4.98 Å². The maximum Gasteiger partial charge on any atom is 0.143 e. The van der Waals surface area contributed by atoms with Gasteiger partial charge in [-0.05, 0) is 29.8 Å². The van der Waals surface area contributed by atoms with E-state index in [-0.39, 0.29) is 0 Å². The van der Waals surface area contributed by atoms with E-state index >= 15 is 0 Å². The Balaban J connectivity index is 2.23. The molecule has 2 aromatic rings. The number of nitrogens with zero attached hydrogens (tertiary/aromatic N) is 3. The summed E-state index contributed by atoms with van der Waals surface area (Å²) < 4.78 is 5.24. The molecule has 0 atom stereocenters. The molecule has 0 radical (unpaired) electrons. The van der Waals surface area contributed by atoms with E-state index < -0.39 is 0 Å². The molecule has 0 bridgehead atoms. The van der Waals surface area contributed by atoms with Gasteiger partial charge < -0.3 is 10.1 Å². The molecule has 0 saturated heterocycles. The first kappa shape index (κ1) is 13.4. The van der Waals surface area contributed by atoms with Crippen molar-refractivity contribution in [1.82, 2.24) is 4.98 Å². The minimum Gasteiger partial charge on any atom is -0.495 e. The number of hydrogen-bond donors (Lipinski definition) is 1. The van der Waals surface area contributed by atoms with Crippen molar-refractivity contribution < 1.29 is 4.74 Å². The second-order valence-electron chi connectivity index (χ2n) is 4.01. The van der Waals surface area contributed by atoms with E-state index in [1.54, 1.807) is 37.6 Å². The Morgan fingerprint density at radius 2 is 2.10 bits per heavy atom. The summed E-state index contributed by atoms with van der Waals surface area (Å²) >= 11 is 0. The number of nitriles is 2. The highest BCUT2D eigenvalue weighted by atomic mass is 16.5. The van der Waals surface area contributed by atoms with Crippen LogP contribution >= 0.6 is 0 Å². The second kappa shape index (κ2) is 6.21. The van der Waals surface area contributed by atoms with E-state index in [0.717, 1.165) is 5.56 Å². The van der Waals surface area contributed by atoms with Crippen LogP contribution in [0.1, 0.15) is 16.8 Å². The standard InChI is InChI=1S/C15H12N4O/c1-20-14-4-2-3-12(8-16)15(14)19-10-11-5-6-18-13(7-11)9-17/h2-7,19H,10H2,1H3. The van der Waals surface area contributed by atoms with Gasteiger partial charge in [-0.15, -0.1) is 0 Å². The zero-order valence-corrected chi connectivity index (χ0v) is 10.9. The fourth-order valence-corrected chi connectivity index (χ4v) is 1.81. The van der Waals surface area contributed by atoms with Crippen molar-refractivity contribution in [2.24, 2.45) is 0 Å². The van der Waals surface area contributed by atoms with Crippen LogP contribution < -0.4 is 10.1 Å². The van der Waals surface area contributed by atoms with Gasteiger partial charge >= 0.3 is 0 Å². The van der Waals surface area contributed by atoms with Crippen LogP contribution in [0.25, 0.3) is 0 Å². The molecular weight excluding hydrogens is 252 g/mol. The molecule has 98 valence electrons. The van der Waals surface area contributed by atoms with Crippen LogP contribution in [-0.2, 0) is 6.54 Å². The highest BCUT2D eigenvalue weighted by Crippen LogP contribution is 2.28. The fraction of sp³-hybridized carbons (Fsp3) is 0.133. The average Bonchev–Trinajstić information content (AvgIpc) is 2.52. The normalized spacial score (nSPS) is 9.35. The highest BCUT2D eigenvalue weighted by Gasteiger charge is 2.08. The molecule has 0 amide bonds. The maximum atomic E-state index is 9.12. The monoisotopic (exact) mass is 264 g/mol. The van der Waals surface area contributed by atoms with Crippen molar-refractivity contribution in [1.29, 1.82) is 10.5 Å². The van der Waals surface area contributed by atoms with Gasteiger partial charge in [-0.3, -0.25) is 0 Å². The molecule has 1 aromatic carbocycles. The van der Waals surface area contributed by atoms with E-state index in [0.29, 0.717) is 29.2 Å². The van der Waals surface area contributed by atoms with Crippen molar-refractivity contribution in [2.45, 2.75) is 6.54 Å². The van der Waals surface area contributed by atoms with Crippen molar-refractivity contribution in [3.8, 4) is 17.9 Å². The minimum atomic E-state index is 0.366. The van der Waals surface area contributed by atoms with Crippen molar-refractivity contribution in [3.05, 3.63) is 53.3 Å². The molecule has 1 aromatic heterocycles. The summed E-state index contributed by atoms with van der Waals surface area (Å²) in [6.45, 7) is 0.478. The average molecular weight is 264 g/mol. The highest BCUT2D eigenvalue weighted by molar-refractivity contribution is 5.66. The molecule has 0 aliphatic carbocycles. The van der Waals surface area contributed by atoms with Gasteiger partial charge in [-0.2, -0.15) is 10.5 Å². The first-order valence-electron chi connectivity index (χ1n) is 5.94. The number of nitrogens with one attached hydrogen (secondary N) is 1. The van der Waals surface area contributed by atoms with E-state index in [1.807, 2.05) is 12.1 Å². The number of hydrogen-bond acceptors (Lipinski definition) is 5. The number of benzene rings is 1. The Labute approximate surface area is 117 Å². The first-order valence-corrected chi connectivity index (χ1v) is 5.94. The summed E-state index contributed by atoms with van der Waals surface area (Å²) in [6.07, 6.45) is 1.59. The molecule has 1 heterocycles. The minimum absolute atomic E-state index is 0.366. The molecule has 0 unspecified atom stereocenters. The Bertz CT molecular complexity index is 698. The van der Waals surface area contributed by atoms with E-state index in [4.69, 9.17) is 15.3 Å². The number of methoxy groups -OCH3 is 1. The molecule has 2 rings (SSSR count). The lowest BCUT2D eigenvalue weighted by molar-refractivity contribution is 0.416. The number of anilines is 1. The van der Waals surface area contributed by atoms with Crippen molar-refractivity contribution in [3.63, 3.8) is 0 Å². The summed E-state index contributed by atoms with van der Waals surface area (Å²) in [5, 5.41) is 21.1. The zero-order valence-electron chi connectivity index (χ0n) is 10.9. The number of pyridine rings is 1. The third-order valence-corrected chi connectivity index (χ3v) is 2.77. The molecule has 1 N–H and O–H groups in total. The predicted molar refractivity (Wildman–Crippen MR) is 74.0 cm³/mol. The summed E-state index contributed by atoms with van der Waals surface area (Å²) in [6, 6.07) is 12.9. The van der Waals surface area contributed by atoms with Crippen LogP contribution in [0.2, 0.25) is 0 Å². The number of aromatic nitrogens is 1. The predicted octanol–water partition coefficient (Wildman–Crippen LogP) is 2.45. The van der Waals surface area contributed by atoms with E-state index in [2.05, 4.69) is 16.4 Å². The molecule has 0 fully saturated rings. The van der Waals surface area contributed by atoms with Crippen LogP contribution in [0.3, 0.4) is 0 Å². The van der Waals surface area contributed by atoms with Crippen molar-refractivity contribution in [2.75, 3.05) is 12.4 Å². The molecule has 20 heavy (non-hydrogen) atoms. The lowest BCUT2D eigenvalue weighted by Crippen LogP contribution is -2.04. The molecule has 0 aliphatic heterocycles. The Morgan fingerprint density at radius 3 is 2.80 bits per heavy atom. The van der Waals surface area contributed by atoms with Crippen LogP contribution in [0.4, 0.5) is 5.69 Å². The van der Waals surface area contributed by atoms with Gasteiger partial charge in [0.25, 0.3) is 0 Å². The Kier molecular flexibility index (Phi) is 4.16. The maximum absolute atomic E-state index is 9.12. The third kappa shape index (κ3) is 2.85. The van der Waals surface area contributed by atoms with E-state index in [9.17, 15) is 0 Å². The molecule has 0 aliphatic rings. The van der Waals surface area contributed by atoms with Gasteiger partial charge in [0.2, 0.25) is 0 Å². The summed E-state index contributed by atoms with van der Waals surface area (Å²) in [4.78, 5) is 3.91. The lowest BCUT2D eigenvalue weighted by Gasteiger charge is -2.12. The van der Waals surface area contributed by atoms with Gasteiger partial charge in [0.15, 0.2) is 0 Å². The van der Waals surface area contributed by atoms with Crippen LogP contribution in [0.5, 0.6) is 5.75 Å². The molecular formula is C15H12N4O. The van der Waals surface area contributed by atoms with Crippen LogP contribution in [0, 0.1) is 22.7 Å². The quantitative estimate of drug-likeness (QED) is 0.917. The van der Waals surface area contributed by atoms with Crippen LogP contribution in [-0.4, -0.2) is 12.1 Å². The smallest absolute Gasteiger partial charge is 0.143 e. The third-order valence-electron chi connectivity index (χ3n) is 2.77. The largest absolute Gasteiger partial charge is 0.495 e. The Hall–Kier alpha value is -3.05. The van der Waals surface area contributed by atoms with Gasteiger partial charge in [-0.1, -0.05) is 6.07 Å². The molecule has 0 spiro atoms. The SMILES string of the molecule is COc1cccc(C#N)c1NCc1ccnc(C#N)c1. The van der Waals surface area contributed by atoms with Gasteiger partial charge in [0.1, 0.15) is 23.6 Å². The number of rotatable bonds is 4. The second-order valence-corrected chi connectivity index (χ2v) is 4.01. The Morgan fingerprint density at radius 1 is 1.25 bits per heavy atom. The van der Waals surface area contributed by atoms with E-state index in [1.165, 1.54) is 0 Å². The van der Waals surface area contributed by atoms with Gasteiger partial charge in [0, 0.05) is 12.7 Å². The first-order chi connectivity index (χ1) is 9.78. The lowest BCUT2D eigenvalue weighted by atomic mass is 10.1. The van der Waals surface area contributed by atoms with Crippen LogP contribution in [0.15, 0.2) is 36.5 Å².